The van der Waals surface area contributed by atoms with Gasteiger partial charge in [0.15, 0.2) is 0 Å². The van der Waals surface area contributed by atoms with Gasteiger partial charge in [0.1, 0.15) is 11.6 Å². The van der Waals surface area contributed by atoms with Crippen molar-refractivity contribution in [3.8, 4) is 16.9 Å². The van der Waals surface area contributed by atoms with E-state index in [0.717, 1.165) is 11.1 Å². The molecule has 0 spiro atoms. The summed E-state index contributed by atoms with van der Waals surface area (Å²) in [4.78, 5) is 4.05. The molecule has 1 aromatic heterocycles. The number of ether oxygens (including phenoxy) is 1. The van der Waals surface area contributed by atoms with Gasteiger partial charge in [0.2, 0.25) is 0 Å². The van der Waals surface area contributed by atoms with Crippen LogP contribution in [0.5, 0.6) is 5.75 Å². The van der Waals surface area contributed by atoms with Crippen LogP contribution in [0.25, 0.3) is 11.1 Å². The molecule has 0 aliphatic heterocycles. The molecule has 17 heavy (non-hydrogen) atoms. The van der Waals surface area contributed by atoms with E-state index in [1.165, 1.54) is 12.1 Å². The second-order valence-corrected chi connectivity index (χ2v) is 3.58. The van der Waals surface area contributed by atoms with Gasteiger partial charge < -0.3 is 10.5 Å². The molecular weight excluding hydrogens is 219 g/mol. The van der Waals surface area contributed by atoms with Crippen LogP contribution in [0.1, 0.15) is 6.92 Å². The predicted octanol–water partition coefficient (Wildman–Crippen LogP) is 2.87. The molecule has 2 aromatic rings. The fraction of sp³-hybridized carbons (Fsp3) is 0.154. The summed E-state index contributed by atoms with van der Waals surface area (Å²) in [6.45, 7) is 2.47. The lowest BCUT2D eigenvalue weighted by molar-refractivity contribution is 0.339. The number of aromatic nitrogens is 1. The van der Waals surface area contributed by atoms with Crippen LogP contribution in [-0.4, -0.2) is 11.6 Å². The van der Waals surface area contributed by atoms with Crippen molar-refractivity contribution in [3.63, 3.8) is 0 Å². The smallest absolute Gasteiger partial charge is 0.146 e. The molecule has 0 aliphatic carbocycles. The maximum absolute atomic E-state index is 13.3. The quantitative estimate of drug-likeness (QED) is 0.828. The first-order valence-electron chi connectivity index (χ1n) is 5.34. The topological polar surface area (TPSA) is 48.1 Å². The highest BCUT2D eigenvalue weighted by atomic mass is 19.1. The van der Waals surface area contributed by atoms with Crippen molar-refractivity contribution in [2.45, 2.75) is 6.92 Å². The van der Waals surface area contributed by atoms with Crippen LogP contribution >= 0.6 is 0 Å². The van der Waals surface area contributed by atoms with Crippen molar-refractivity contribution >= 4 is 5.69 Å². The molecule has 2 rings (SSSR count). The normalized spacial score (nSPS) is 10.2. The third-order valence-corrected chi connectivity index (χ3v) is 2.36. The first-order valence-corrected chi connectivity index (χ1v) is 5.34. The summed E-state index contributed by atoms with van der Waals surface area (Å²) in [5, 5.41) is 0. The Balaban J connectivity index is 2.38. The molecule has 0 saturated heterocycles. The molecule has 88 valence electrons. The Labute approximate surface area is 99.1 Å². The number of anilines is 1. The highest BCUT2D eigenvalue weighted by molar-refractivity contribution is 5.66. The van der Waals surface area contributed by atoms with Gasteiger partial charge in [-0.3, -0.25) is 4.98 Å². The van der Waals surface area contributed by atoms with Gasteiger partial charge in [-0.2, -0.15) is 0 Å². The van der Waals surface area contributed by atoms with Gasteiger partial charge in [0, 0.05) is 11.8 Å². The van der Waals surface area contributed by atoms with Crippen LogP contribution in [-0.2, 0) is 0 Å². The second-order valence-electron chi connectivity index (χ2n) is 3.58. The summed E-state index contributed by atoms with van der Waals surface area (Å²) in [5.41, 5.74) is 7.10. The lowest BCUT2D eigenvalue weighted by atomic mass is 10.1. The average molecular weight is 232 g/mol. The van der Waals surface area contributed by atoms with E-state index in [4.69, 9.17) is 10.5 Å². The van der Waals surface area contributed by atoms with Crippen LogP contribution in [0.2, 0.25) is 0 Å². The van der Waals surface area contributed by atoms with E-state index >= 15 is 0 Å². The minimum atomic E-state index is -0.427. The standard InChI is InChI=1S/C13H13FN2O/c1-2-17-11-5-10(7-16-8-11)9-3-4-13(15)12(14)6-9/h3-8H,2,15H2,1H3. The summed E-state index contributed by atoms with van der Waals surface area (Å²) in [6.07, 6.45) is 3.29. The number of hydrogen-bond acceptors (Lipinski definition) is 3. The zero-order chi connectivity index (χ0) is 12.3. The number of rotatable bonds is 3. The first kappa shape index (κ1) is 11.4. The monoisotopic (exact) mass is 232 g/mol. The first-order chi connectivity index (χ1) is 8.20. The van der Waals surface area contributed by atoms with Crippen molar-refractivity contribution in [2.24, 2.45) is 0 Å². The number of nitrogens with two attached hydrogens (primary N) is 1. The van der Waals surface area contributed by atoms with Crippen molar-refractivity contribution in [2.75, 3.05) is 12.3 Å². The van der Waals surface area contributed by atoms with Crippen molar-refractivity contribution < 1.29 is 9.13 Å². The Kier molecular flexibility index (Phi) is 3.23. The zero-order valence-electron chi connectivity index (χ0n) is 9.48. The summed E-state index contributed by atoms with van der Waals surface area (Å²) >= 11 is 0. The molecular formula is C13H13FN2O. The summed E-state index contributed by atoms with van der Waals surface area (Å²) in [5.74, 6) is 0.242. The molecule has 3 nitrogen and oxygen atoms in total. The van der Waals surface area contributed by atoms with E-state index < -0.39 is 5.82 Å². The molecule has 2 N–H and O–H groups in total. The molecule has 0 fully saturated rings. The molecule has 0 aliphatic rings. The largest absolute Gasteiger partial charge is 0.492 e. The lowest BCUT2D eigenvalue weighted by Crippen LogP contribution is -1.93. The Morgan fingerprint density at radius 3 is 2.76 bits per heavy atom. The molecule has 0 amide bonds. The summed E-state index contributed by atoms with van der Waals surface area (Å²) in [7, 11) is 0. The van der Waals surface area contributed by atoms with E-state index in [1.54, 1.807) is 18.5 Å². The number of nitrogens with zero attached hydrogens (tertiary/aromatic N) is 1. The van der Waals surface area contributed by atoms with E-state index in [-0.39, 0.29) is 5.69 Å². The molecule has 0 unspecified atom stereocenters. The van der Waals surface area contributed by atoms with Crippen LogP contribution in [0.4, 0.5) is 10.1 Å². The Bertz CT molecular complexity index is 529. The number of pyridine rings is 1. The Hall–Kier alpha value is -2.10. The van der Waals surface area contributed by atoms with Gasteiger partial charge in [-0.25, -0.2) is 4.39 Å². The van der Waals surface area contributed by atoms with Gasteiger partial charge in [0.05, 0.1) is 18.5 Å². The molecule has 1 heterocycles. The van der Waals surface area contributed by atoms with Gasteiger partial charge in [-0.15, -0.1) is 0 Å². The van der Waals surface area contributed by atoms with Gasteiger partial charge in [0.25, 0.3) is 0 Å². The average Bonchev–Trinajstić information content (AvgIpc) is 2.33. The van der Waals surface area contributed by atoms with Crippen LogP contribution in [0.15, 0.2) is 36.7 Å². The van der Waals surface area contributed by atoms with Gasteiger partial charge in [-0.1, -0.05) is 6.07 Å². The minimum absolute atomic E-state index is 0.141. The summed E-state index contributed by atoms with van der Waals surface area (Å²) < 4.78 is 18.7. The molecule has 0 radical (unpaired) electrons. The lowest BCUT2D eigenvalue weighted by Gasteiger charge is -2.06. The Morgan fingerprint density at radius 2 is 2.06 bits per heavy atom. The van der Waals surface area contributed by atoms with E-state index in [9.17, 15) is 4.39 Å². The number of halogens is 1. The molecule has 0 saturated carbocycles. The minimum Gasteiger partial charge on any atom is -0.492 e. The number of nitrogen functional groups attached to an aromatic ring is 1. The van der Waals surface area contributed by atoms with Crippen molar-refractivity contribution in [3.05, 3.63) is 42.5 Å². The maximum atomic E-state index is 13.3. The predicted molar refractivity (Wildman–Crippen MR) is 65.2 cm³/mol. The highest BCUT2D eigenvalue weighted by Gasteiger charge is 2.04. The van der Waals surface area contributed by atoms with E-state index in [1.807, 2.05) is 13.0 Å². The molecule has 4 heteroatoms. The second kappa shape index (κ2) is 4.82. The van der Waals surface area contributed by atoms with Gasteiger partial charge >= 0.3 is 0 Å². The summed E-state index contributed by atoms with van der Waals surface area (Å²) in [6, 6.07) is 6.51. The van der Waals surface area contributed by atoms with Crippen molar-refractivity contribution in [1.82, 2.24) is 4.98 Å². The molecule has 0 bridgehead atoms. The van der Waals surface area contributed by atoms with Gasteiger partial charge in [-0.05, 0) is 30.7 Å². The zero-order valence-corrected chi connectivity index (χ0v) is 9.48. The van der Waals surface area contributed by atoms with E-state index in [0.29, 0.717) is 12.4 Å². The fourth-order valence-electron chi connectivity index (χ4n) is 1.53. The van der Waals surface area contributed by atoms with Crippen LogP contribution in [0, 0.1) is 5.82 Å². The SMILES string of the molecule is CCOc1cncc(-c2ccc(N)c(F)c2)c1. The Morgan fingerprint density at radius 1 is 1.24 bits per heavy atom. The maximum Gasteiger partial charge on any atom is 0.146 e. The van der Waals surface area contributed by atoms with Crippen LogP contribution in [0.3, 0.4) is 0 Å². The number of benzene rings is 1. The van der Waals surface area contributed by atoms with Crippen molar-refractivity contribution in [1.29, 1.82) is 0 Å². The third-order valence-electron chi connectivity index (χ3n) is 2.36. The molecule has 0 atom stereocenters. The molecule has 1 aromatic carbocycles. The van der Waals surface area contributed by atoms with E-state index in [2.05, 4.69) is 4.98 Å². The fourth-order valence-corrected chi connectivity index (χ4v) is 1.53. The van der Waals surface area contributed by atoms with Crippen LogP contribution < -0.4 is 10.5 Å². The third kappa shape index (κ3) is 2.53. The number of hydrogen-bond donors (Lipinski definition) is 1. The highest BCUT2D eigenvalue weighted by Crippen LogP contribution is 2.25.